The van der Waals surface area contributed by atoms with Crippen molar-refractivity contribution in [1.29, 1.82) is 0 Å². The van der Waals surface area contributed by atoms with E-state index in [4.69, 9.17) is 5.73 Å². The normalized spacial score (nSPS) is 28.2. The highest BCUT2D eigenvalue weighted by atomic mass is 32.1. The summed E-state index contributed by atoms with van der Waals surface area (Å²) in [5, 5.41) is 2.19. The Morgan fingerprint density at radius 1 is 1.59 bits per heavy atom. The number of thiophene rings is 1. The molecule has 96 valence electrons. The van der Waals surface area contributed by atoms with Crippen LogP contribution in [0, 0.1) is 11.8 Å². The molecule has 17 heavy (non-hydrogen) atoms. The summed E-state index contributed by atoms with van der Waals surface area (Å²) in [4.78, 5) is 4.15. The van der Waals surface area contributed by atoms with Gasteiger partial charge in [0.1, 0.15) is 0 Å². The lowest BCUT2D eigenvalue weighted by atomic mass is 9.86. The van der Waals surface area contributed by atoms with Crippen molar-refractivity contribution in [2.24, 2.45) is 17.6 Å². The molecule has 0 saturated carbocycles. The fraction of sp³-hybridized carbons (Fsp3) is 0.714. The molecule has 3 unspecified atom stereocenters. The van der Waals surface area contributed by atoms with Gasteiger partial charge < -0.3 is 5.73 Å². The highest BCUT2D eigenvalue weighted by molar-refractivity contribution is 7.10. The second-order valence-electron chi connectivity index (χ2n) is 5.20. The fourth-order valence-corrected chi connectivity index (χ4v) is 3.83. The van der Waals surface area contributed by atoms with Crippen LogP contribution in [0.25, 0.3) is 0 Å². The zero-order valence-electron chi connectivity index (χ0n) is 10.9. The van der Waals surface area contributed by atoms with E-state index in [9.17, 15) is 0 Å². The molecule has 3 atom stereocenters. The molecule has 2 nitrogen and oxygen atoms in total. The first-order chi connectivity index (χ1) is 8.26. The smallest absolute Gasteiger partial charge is 0.0439 e. The minimum Gasteiger partial charge on any atom is -0.330 e. The Kier molecular flexibility index (Phi) is 4.60. The zero-order valence-corrected chi connectivity index (χ0v) is 11.7. The van der Waals surface area contributed by atoms with Gasteiger partial charge in [0.25, 0.3) is 0 Å². The number of rotatable bonds is 4. The quantitative estimate of drug-likeness (QED) is 0.892. The molecule has 1 aliphatic rings. The van der Waals surface area contributed by atoms with E-state index in [1.54, 1.807) is 0 Å². The predicted molar refractivity (Wildman–Crippen MR) is 75.2 cm³/mol. The molecule has 2 rings (SSSR count). The number of hydrogen-bond donors (Lipinski definition) is 1. The molecular formula is C14H24N2S. The molecule has 2 heterocycles. The van der Waals surface area contributed by atoms with E-state index < -0.39 is 0 Å². The van der Waals surface area contributed by atoms with Crippen molar-refractivity contribution in [3.8, 4) is 0 Å². The average Bonchev–Trinajstić information content (AvgIpc) is 2.86. The lowest BCUT2D eigenvalue weighted by Crippen LogP contribution is -2.44. The highest BCUT2D eigenvalue weighted by Crippen LogP contribution is 2.33. The summed E-state index contributed by atoms with van der Waals surface area (Å²) >= 11 is 1.89. The first-order valence-corrected chi connectivity index (χ1v) is 7.61. The maximum absolute atomic E-state index is 5.89. The molecule has 2 N–H and O–H groups in total. The molecule has 1 saturated heterocycles. The van der Waals surface area contributed by atoms with Crippen molar-refractivity contribution >= 4 is 11.3 Å². The number of nitrogens with zero attached hydrogens (tertiary/aromatic N) is 1. The van der Waals surface area contributed by atoms with E-state index in [1.165, 1.54) is 30.8 Å². The minimum atomic E-state index is 0.608. The second kappa shape index (κ2) is 5.98. The van der Waals surface area contributed by atoms with E-state index in [0.717, 1.165) is 12.5 Å². The molecule has 0 spiro atoms. The van der Waals surface area contributed by atoms with E-state index in [-0.39, 0.29) is 0 Å². The number of piperidine rings is 1. The fourth-order valence-electron chi connectivity index (χ4n) is 2.89. The Hall–Kier alpha value is -0.380. The topological polar surface area (TPSA) is 29.3 Å². The van der Waals surface area contributed by atoms with Gasteiger partial charge in [-0.1, -0.05) is 19.9 Å². The second-order valence-corrected chi connectivity index (χ2v) is 6.18. The third-order valence-corrected chi connectivity index (χ3v) is 5.12. The lowest BCUT2D eigenvalue weighted by molar-refractivity contribution is 0.0900. The van der Waals surface area contributed by atoms with Gasteiger partial charge in [0, 0.05) is 17.5 Å². The van der Waals surface area contributed by atoms with Crippen LogP contribution in [0.15, 0.2) is 17.5 Å². The van der Waals surface area contributed by atoms with Gasteiger partial charge in [-0.2, -0.15) is 0 Å². The van der Waals surface area contributed by atoms with Crippen LogP contribution in [0.2, 0.25) is 0 Å². The van der Waals surface area contributed by atoms with Crippen molar-refractivity contribution in [3.63, 3.8) is 0 Å². The number of likely N-dealkylation sites (tertiary alicyclic amines) is 1. The van der Waals surface area contributed by atoms with E-state index in [1.807, 2.05) is 11.3 Å². The SMILES string of the molecule is CCC(c1cccs1)N1CCC(C)C(CN)C1. The standard InChI is InChI=1S/C14H24N2S/c1-3-13(14-5-4-8-17-14)16-7-6-11(2)12(9-15)10-16/h4-5,8,11-13H,3,6-7,9-10,15H2,1-2H3. The predicted octanol–water partition coefficient (Wildman–Crippen LogP) is 3.12. The minimum absolute atomic E-state index is 0.608. The summed E-state index contributed by atoms with van der Waals surface area (Å²) in [6.07, 6.45) is 2.50. The van der Waals surface area contributed by atoms with Crippen LogP contribution < -0.4 is 5.73 Å². The third kappa shape index (κ3) is 2.90. The first-order valence-electron chi connectivity index (χ1n) is 6.73. The third-order valence-electron chi connectivity index (χ3n) is 4.15. The Balaban J connectivity index is 2.06. The van der Waals surface area contributed by atoms with Crippen molar-refractivity contribution < 1.29 is 0 Å². The molecule has 1 aromatic heterocycles. The molecule has 1 fully saturated rings. The van der Waals surface area contributed by atoms with Gasteiger partial charge in [-0.25, -0.2) is 0 Å². The molecule has 0 aromatic carbocycles. The summed E-state index contributed by atoms with van der Waals surface area (Å²) in [7, 11) is 0. The molecule has 0 bridgehead atoms. The summed E-state index contributed by atoms with van der Waals surface area (Å²) in [6, 6.07) is 5.04. The first kappa shape index (κ1) is 13.1. The largest absolute Gasteiger partial charge is 0.330 e. The molecule has 1 aromatic rings. The van der Waals surface area contributed by atoms with E-state index in [0.29, 0.717) is 12.0 Å². The summed E-state index contributed by atoms with van der Waals surface area (Å²) in [6.45, 7) is 7.88. The van der Waals surface area contributed by atoms with Crippen LogP contribution in [0.3, 0.4) is 0 Å². The Morgan fingerprint density at radius 2 is 2.41 bits per heavy atom. The van der Waals surface area contributed by atoms with Crippen molar-refractivity contribution in [2.75, 3.05) is 19.6 Å². The van der Waals surface area contributed by atoms with Crippen LogP contribution in [0.4, 0.5) is 0 Å². The molecule has 0 radical (unpaired) electrons. The maximum atomic E-state index is 5.89. The molecule has 0 aliphatic carbocycles. The highest BCUT2D eigenvalue weighted by Gasteiger charge is 2.29. The summed E-state index contributed by atoms with van der Waals surface area (Å²) in [5.41, 5.74) is 5.89. The van der Waals surface area contributed by atoms with Crippen molar-refractivity contribution in [2.45, 2.75) is 32.7 Å². The van der Waals surface area contributed by atoms with Gasteiger partial charge in [-0.15, -0.1) is 11.3 Å². The number of hydrogen-bond acceptors (Lipinski definition) is 3. The number of nitrogens with two attached hydrogens (primary N) is 1. The van der Waals surface area contributed by atoms with Crippen molar-refractivity contribution in [1.82, 2.24) is 4.90 Å². The van der Waals surface area contributed by atoms with Crippen LogP contribution in [-0.2, 0) is 0 Å². The molecule has 0 amide bonds. The van der Waals surface area contributed by atoms with Crippen LogP contribution >= 0.6 is 11.3 Å². The lowest BCUT2D eigenvalue weighted by Gasteiger charge is -2.40. The van der Waals surface area contributed by atoms with Crippen LogP contribution in [0.5, 0.6) is 0 Å². The van der Waals surface area contributed by atoms with Gasteiger partial charge >= 0.3 is 0 Å². The van der Waals surface area contributed by atoms with Crippen molar-refractivity contribution in [3.05, 3.63) is 22.4 Å². The van der Waals surface area contributed by atoms with Gasteiger partial charge in [0.15, 0.2) is 0 Å². The Bertz CT molecular complexity index is 323. The zero-order chi connectivity index (χ0) is 12.3. The maximum Gasteiger partial charge on any atom is 0.0439 e. The summed E-state index contributed by atoms with van der Waals surface area (Å²) in [5.74, 6) is 1.47. The monoisotopic (exact) mass is 252 g/mol. The summed E-state index contributed by atoms with van der Waals surface area (Å²) < 4.78 is 0. The van der Waals surface area contributed by atoms with Gasteiger partial charge in [-0.05, 0) is 49.2 Å². The Labute approximate surface area is 109 Å². The molecule has 1 aliphatic heterocycles. The van der Waals surface area contributed by atoms with Crippen LogP contribution in [0.1, 0.15) is 37.6 Å². The van der Waals surface area contributed by atoms with E-state index in [2.05, 4.69) is 36.3 Å². The molecule has 3 heteroatoms. The van der Waals surface area contributed by atoms with E-state index >= 15 is 0 Å². The Morgan fingerprint density at radius 3 is 3.00 bits per heavy atom. The van der Waals surface area contributed by atoms with Crippen LogP contribution in [-0.4, -0.2) is 24.5 Å². The average molecular weight is 252 g/mol. The van der Waals surface area contributed by atoms with Gasteiger partial charge in [0.05, 0.1) is 0 Å². The molecular weight excluding hydrogens is 228 g/mol. The van der Waals surface area contributed by atoms with Gasteiger partial charge in [-0.3, -0.25) is 4.90 Å². The van der Waals surface area contributed by atoms with Gasteiger partial charge in [0.2, 0.25) is 0 Å².